The molecule has 4 rings (SSSR count). The first-order chi connectivity index (χ1) is 18.7. The summed E-state index contributed by atoms with van der Waals surface area (Å²) in [5, 5.41) is 5.02. The van der Waals surface area contributed by atoms with Gasteiger partial charge in [-0.15, -0.1) is 0 Å². The number of nitrogens with zero attached hydrogens (tertiary/aromatic N) is 3. The number of rotatable bonds is 5. The van der Waals surface area contributed by atoms with Crippen LogP contribution in [0.4, 0.5) is 34.8 Å². The molecule has 2 amide bonds. The zero-order valence-electron chi connectivity index (χ0n) is 22.2. The number of halogens is 4. The maximum atomic E-state index is 15.5. The topological polar surface area (TPSA) is 110 Å². The van der Waals surface area contributed by atoms with Crippen LogP contribution in [0.15, 0.2) is 47.5 Å². The van der Waals surface area contributed by atoms with Gasteiger partial charge in [-0.25, -0.2) is 9.37 Å². The maximum Gasteiger partial charge on any atom is 0.417 e. The lowest BCUT2D eigenvalue weighted by Gasteiger charge is -2.44. The lowest BCUT2D eigenvalue weighted by Crippen LogP contribution is -2.55. The van der Waals surface area contributed by atoms with Crippen LogP contribution in [0, 0.1) is 5.82 Å². The van der Waals surface area contributed by atoms with E-state index in [4.69, 9.17) is 0 Å². The molecule has 0 radical (unpaired) electrons. The Hall–Kier alpha value is -4.26. The van der Waals surface area contributed by atoms with E-state index in [0.717, 1.165) is 0 Å². The second kappa shape index (κ2) is 11.1. The fourth-order valence-electron chi connectivity index (χ4n) is 4.64. The van der Waals surface area contributed by atoms with Crippen LogP contribution >= 0.6 is 0 Å². The number of piperazine rings is 1. The van der Waals surface area contributed by atoms with E-state index in [9.17, 15) is 27.6 Å². The molecule has 1 aliphatic heterocycles. The number of benzene rings is 1. The van der Waals surface area contributed by atoms with Crippen LogP contribution in [0.1, 0.15) is 36.7 Å². The average Bonchev–Trinajstić information content (AvgIpc) is 2.87. The van der Waals surface area contributed by atoms with Crippen molar-refractivity contribution < 1.29 is 27.2 Å². The minimum absolute atomic E-state index is 0.0358. The molecule has 1 fully saturated rings. The number of likely N-dealkylation sites (N-methyl/N-ethyl adjacent to an activating group) is 1. The fourth-order valence-corrected chi connectivity index (χ4v) is 4.64. The second-order valence-corrected chi connectivity index (χ2v) is 9.81. The summed E-state index contributed by atoms with van der Waals surface area (Å²) in [5.41, 5.74) is -2.47. The van der Waals surface area contributed by atoms with E-state index in [0.29, 0.717) is 36.6 Å². The SMILES string of the molecule is CC(=O)Nc1ccc(-c2cc(NC(=O)c3c[nH]c(=O)cc3C(F)(F)F)c(N3CC(C)N(C)[C@@H](C)C3)cc2F)cn1. The van der Waals surface area contributed by atoms with Gasteiger partial charge < -0.3 is 20.5 Å². The Kier molecular flexibility index (Phi) is 7.96. The highest BCUT2D eigenvalue weighted by atomic mass is 19.4. The van der Waals surface area contributed by atoms with Crippen LogP contribution in [-0.4, -0.2) is 58.9 Å². The molecule has 1 aromatic carbocycles. The summed E-state index contributed by atoms with van der Waals surface area (Å²) in [5.74, 6) is -1.85. The number of carbonyl (C=O) groups is 2. The van der Waals surface area contributed by atoms with Crippen molar-refractivity contribution in [2.45, 2.75) is 39.0 Å². The normalized spacial score (nSPS) is 17.9. The molecule has 1 unspecified atom stereocenters. The largest absolute Gasteiger partial charge is 0.417 e. The first-order valence-electron chi connectivity index (χ1n) is 12.4. The van der Waals surface area contributed by atoms with Gasteiger partial charge in [0.15, 0.2) is 0 Å². The minimum Gasteiger partial charge on any atom is -0.367 e. The lowest BCUT2D eigenvalue weighted by molar-refractivity contribution is -0.138. The van der Waals surface area contributed by atoms with Gasteiger partial charge >= 0.3 is 6.18 Å². The molecule has 0 saturated carbocycles. The summed E-state index contributed by atoms with van der Waals surface area (Å²) in [6.07, 6.45) is -2.92. The predicted octanol–water partition coefficient (Wildman–Crippen LogP) is 4.33. The van der Waals surface area contributed by atoms with Crippen molar-refractivity contribution in [1.29, 1.82) is 0 Å². The third kappa shape index (κ3) is 6.14. The van der Waals surface area contributed by atoms with Crippen molar-refractivity contribution >= 4 is 29.0 Å². The highest BCUT2D eigenvalue weighted by Crippen LogP contribution is 2.37. The van der Waals surface area contributed by atoms with Crippen LogP contribution in [0.5, 0.6) is 0 Å². The highest BCUT2D eigenvalue weighted by molar-refractivity contribution is 6.07. The van der Waals surface area contributed by atoms with E-state index in [1.165, 1.54) is 37.4 Å². The third-order valence-corrected chi connectivity index (χ3v) is 6.89. The van der Waals surface area contributed by atoms with Crippen LogP contribution in [-0.2, 0) is 11.0 Å². The van der Waals surface area contributed by atoms with Crippen molar-refractivity contribution in [2.75, 3.05) is 35.7 Å². The smallest absolute Gasteiger partial charge is 0.367 e. The van der Waals surface area contributed by atoms with Gasteiger partial charge in [0.2, 0.25) is 11.5 Å². The zero-order valence-corrected chi connectivity index (χ0v) is 22.2. The first kappa shape index (κ1) is 28.7. The van der Waals surface area contributed by atoms with E-state index < -0.39 is 34.6 Å². The van der Waals surface area contributed by atoms with Crippen molar-refractivity contribution in [3.63, 3.8) is 0 Å². The fraction of sp³-hybridized carbons (Fsp3) is 0.333. The van der Waals surface area contributed by atoms with Gasteiger partial charge in [-0.05, 0) is 45.2 Å². The second-order valence-electron chi connectivity index (χ2n) is 9.81. The lowest BCUT2D eigenvalue weighted by atomic mass is 10.0. The molecule has 13 heteroatoms. The number of alkyl halides is 3. The number of nitrogens with one attached hydrogen (secondary N) is 3. The molecule has 3 N–H and O–H groups in total. The molecule has 1 aliphatic rings. The van der Waals surface area contributed by atoms with Crippen LogP contribution in [0.25, 0.3) is 11.1 Å². The number of aromatic amines is 1. The molecule has 40 heavy (non-hydrogen) atoms. The van der Waals surface area contributed by atoms with Crippen molar-refractivity contribution in [2.24, 2.45) is 0 Å². The van der Waals surface area contributed by atoms with Crippen LogP contribution in [0.3, 0.4) is 0 Å². The Morgan fingerprint density at radius 1 is 1.07 bits per heavy atom. The molecule has 0 spiro atoms. The Labute approximate surface area is 227 Å². The quantitative estimate of drug-likeness (QED) is 0.401. The molecule has 2 aromatic heterocycles. The molecule has 212 valence electrons. The van der Waals surface area contributed by atoms with E-state index in [2.05, 4.69) is 25.5 Å². The predicted molar refractivity (Wildman–Crippen MR) is 143 cm³/mol. The molecule has 3 heterocycles. The van der Waals surface area contributed by atoms with E-state index in [1.54, 1.807) is 0 Å². The first-order valence-corrected chi connectivity index (χ1v) is 12.4. The molecular formula is C27H28F4N6O3. The summed E-state index contributed by atoms with van der Waals surface area (Å²) < 4.78 is 56.5. The maximum absolute atomic E-state index is 15.5. The Balaban J connectivity index is 1.79. The van der Waals surface area contributed by atoms with E-state index in [-0.39, 0.29) is 35.1 Å². The summed E-state index contributed by atoms with van der Waals surface area (Å²) >= 11 is 0. The zero-order chi connectivity index (χ0) is 29.4. The molecule has 2 atom stereocenters. The molecular weight excluding hydrogens is 532 g/mol. The van der Waals surface area contributed by atoms with E-state index >= 15 is 4.39 Å². The Morgan fingerprint density at radius 2 is 1.75 bits per heavy atom. The van der Waals surface area contributed by atoms with Gasteiger partial charge in [-0.1, -0.05) is 0 Å². The van der Waals surface area contributed by atoms with Crippen molar-refractivity contribution in [3.05, 3.63) is 70.0 Å². The minimum atomic E-state index is -4.96. The summed E-state index contributed by atoms with van der Waals surface area (Å²) in [4.78, 5) is 46.3. The summed E-state index contributed by atoms with van der Waals surface area (Å²) in [6.45, 7) is 6.24. The molecule has 0 bridgehead atoms. The van der Waals surface area contributed by atoms with Crippen molar-refractivity contribution in [3.8, 4) is 11.1 Å². The number of carbonyl (C=O) groups excluding carboxylic acids is 2. The van der Waals surface area contributed by atoms with Crippen LogP contribution in [0.2, 0.25) is 0 Å². The number of hydrogen-bond acceptors (Lipinski definition) is 6. The van der Waals surface area contributed by atoms with Gasteiger partial charge in [0, 0.05) is 61.7 Å². The molecule has 3 aromatic rings. The Morgan fingerprint density at radius 3 is 2.33 bits per heavy atom. The summed E-state index contributed by atoms with van der Waals surface area (Å²) in [6, 6.07) is 6.01. The van der Waals surface area contributed by atoms with Gasteiger partial charge in [-0.2, -0.15) is 13.2 Å². The van der Waals surface area contributed by atoms with Gasteiger partial charge in [0.25, 0.3) is 5.91 Å². The number of anilines is 3. The van der Waals surface area contributed by atoms with Crippen molar-refractivity contribution in [1.82, 2.24) is 14.9 Å². The molecule has 0 aliphatic carbocycles. The highest BCUT2D eigenvalue weighted by Gasteiger charge is 2.36. The number of H-pyrrole nitrogens is 1. The summed E-state index contributed by atoms with van der Waals surface area (Å²) in [7, 11) is 1.96. The van der Waals surface area contributed by atoms with Gasteiger partial charge in [-0.3, -0.25) is 19.3 Å². The number of amides is 2. The molecule has 1 saturated heterocycles. The number of pyridine rings is 2. The monoisotopic (exact) mass is 560 g/mol. The number of hydrogen-bond donors (Lipinski definition) is 3. The standard InChI is InChI=1S/C27H28F4N6O3/c1-14-12-37(13-15(2)36(14)4)23-9-21(28)18(17-5-6-24(32-10-17)34-16(3)38)7-22(23)35-26(40)19-11-33-25(39)8-20(19)27(29,30)31/h5-11,14-15H,12-13H2,1-4H3,(H,33,39)(H,35,40)(H,32,34,38)/t14-,15?/m0/s1. The Bertz CT molecular complexity index is 1480. The van der Waals surface area contributed by atoms with Crippen LogP contribution < -0.4 is 21.1 Å². The van der Waals surface area contributed by atoms with E-state index in [1.807, 2.05) is 25.8 Å². The molecule has 9 nitrogen and oxygen atoms in total. The van der Waals surface area contributed by atoms with Gasteiger partial charge in [0.1, 0.15) is 11.6 Å². The average molecular weight is 561 g/mol. The third-order valence-electron chi connectivity index (χ3n) is 6.89. The number of aromatic nitrogens is 2. The van der Waals surface area contributed by atoms with Gasteiger partial charge in [0.05, 0.1) is 22.5 Å².